The molecule has 1 saturated heterocycles. The summed E-state index contributed by atoms with van der Waals surface area (Å²) < 4.78 is 51.5. The number of ether oxygens (including phenoxy) is 2. The number of benzene rings is 2. The first-order valence-corrected chi connectivity index (χ1v) is 15.3. The standard InChI is InChI=1S/C32H40ClF3N2O4/c1-41-28-18-22-10-15-38(30(39)21-6-4-3-5-7-21)27(24(22)20-29(28)42-2)11-14-37-16-12-31(40,13-17-37)23-8-9-26(33)25(19-23)32(34,35)36/h8-9,18-21,27,40H,3-7,10-17H2,1-2H3. The number of alkyl halides is 3. The molecule has 6 nitrogen and oxygen atoms in total. The lowest BCUT2D eigenvalue weighted by molar-refractivity contribution is -0.140. The van der Waals surface area contributed by atoms with E-state index in [1.807, 2.05) is 12.1 Å². The molecule has 1 saturated carbocycles. The Bertz CT molecular complexity index is 1270. The zero-order valence-electron chi connectivity index (χ0n) is 24.3. The zero-order valence-corrected chi connectivity index (χ0v) is 25.1. The molecule has 0 bridgehead atoms. The van der Waals surface area contributed by atoms with Crippen molar-refractivity contribution in [2.24, 2.45) is 5.92 Å². The molecule has 2 fully saturated rings. The van der Waals surface area contributed by atoms with Crippen LogP contribution in [0.5, 0.6) is 11.5 Å². The summed E-state index contributed by atoms with van der Waals surface area (Å²) in [5.41, 5.74) is 0.193. The number of hydrogen-bond acceptors (Lipinski definition) is 5. The molecule has 2 aromatic carbocycles. The number of likely N-dealkylation sites (tertiary alicyclic amines) is 1. The Hall–Kier alpha value is -2.49. The molecule has 1 atom stereocenters. The van der Waals surface area contributed by atoms with Crippen molar-refractivity contribution >= 4 is 17.5 Å². The predicted octanol–water partition coefficient (Wildman–Crippen LogP) is 6.76. The Morgan fingerprint density at radius 1 is 1.02 bits per heavy atom. The molecule has 1 aliphatic carbocycles. The minimum absolute atomic E-state index is 0.0638. The third-order valence-corrected chi connectivity index (χ3v) is 9.78. The van der Waals surface area contributed by atoms with E-state index in [9.17, 15) is 23.1 Å². The van der Waals surface area contributed by atoms with Gasteiger partial charge < -0.3 is 24.4 Å². The topological polar surface area (TPSA) is 62.2 Å². The number of carbonyl (C=O) groups excluding carboxylic acids is 1. The Labute approximate surface area is 250 Å². The molecule has 2 heterocycles. The third-order valence-electron chi connectivity index (χ3n) is 9.45. The van der Waals surface area contributed by atoms with Crippen molar-refractivity contribution < 1.29 is 32.5 Å². The highest BCUT2D eigenvalue weighted by Crippen LogP contribution is 2.43. The molecular formula is C32H40ClF3N2O4. The van der Waals surface area contributed by atoms with Crippen molar-refractivity contribution in [1.82, 2.24) is 9.80 Å². The van der Waals surface area contributed by atoms with Crippen LogP contribution in [0, 0.1) is 5.92 Å². The normalized spacial score (nSPS) is 21.6. The fourth-order valence-electron chi connectivity index (χ4n) is 6.96. The van der Waals surface area contributed by atoms with Crippen LogP contribution in [0.1, 0.15) is 79.7 Å². The number of methoxy groups -OCH3 is 2. The van der Waals surface area contributed by atoms with Gasteiger partial charge in [-0.05, 0) is 79.5 Å². The summed E-state index contributed by atoms with van der Waals surface area (Å²) in [7, 11) is 3.23. The summed E-state index contributed by atoms with van der Waals surface area (Å²) in [6, 6.07) is 7.59. The SMILES string of the molecule is COc1cc2c(cc1OC)C(CCN1CCC(O)(c3ccc(Cl)c(C(F)(F)F)c3)CC1)N(C(=O)C1CCCCC1)CC2. The van der Waals surface area contributed by atoms with E-state index in [4.69, 9.17) is 21.1 Å². The van der Waals surface area contributed by atoms with E-state index in [1.54, 1.807) is 14.2 Å². The molecule has 1 unspecified atom stereocenters. The van der Waals surface area contributed by atoms with Gasteiger partial charge in [0.25, 0.3) is 0 Å². The molecule has 2 aromatic rings. The maximum Gasteiger partial charge on any atom is 0.417 e. The number of piperidine rings is 1. The second kappa shape index (κ2) is 12.6. The second-order valence-electron chi connectivity index (χ2n) is 11.9. The minimum Gasteiger partial charge on any atom is -0.493 e. The van der Waals surface area contributed by atoms with Crippen molar-refractivity contribution in [1.29, 1.82) is 0 Å². The number of amides is 1. The van der Waals surface area contributed by atoms with Gasteiger partial charge in [0.05, 0.1) is 36.4 Å². The fourth-order valence-corrected chi connectivity index (χ4v) is 7.18. The van der Waals surface area contributed by atoms with Gasteiger partial charge in [-0.3, -0.25) is 4.79 Å². The van der Waals surface area contributed by atoms with Crippen LogP contribution >= 0.6 is 11.6 Å². The Kier molecular flexibility index (Phi) is 9.30. The van der Waals surface area contributed by atoms with Gasteiger partial charge in [0.1, 0.15) is 0 Å². The number of nitrogens with zero attached hydrogens (tertiary/aromatic N) is 2. The molecule has 42 heavy (non-hydrogen) atoms. The number of halogens is 4. The summed E-state index contributed by atoms with van der Waals surface area (Å²) >= 11 is 5.81. The van der Waals surface area contributed by atoms with E-state index < -0.39 is 17.3 Å². The third kappa shape index (κ3) is 6.38. The van der Waals surface area contributed by atoms with Crippen molar-refractivity contribution in [3.8, 4) is 11.5 Å². The average Bonchev–Trinajstić information content (AvgIpc) is 2.99. The van der Waals surface area contributed by atoms with Crippen LogP contribution < -0.4 is 9.47 Å². The van der Waals surface area contributed by atoms with Crippen LogP contribution in [0.4, 0.5) is 13.2 Å². The Morgan fingerprint density at radius 3 is 2.33 bits per heavy atom. The molecule has 3 aliphatic rings. The van der Waals surface area contributed by atoms with Crippen LogP contribution in [0.2, 0.25) is 5.02 Å². The van der Waals surface area contributed by atoms with E-state index in [1.165, 1.54) is 18.6 Å². The molecule has 2 aliphatic heterocycles. The van der Waals surface area contributed by atoms with Crippen molar-refractivity contribution in [2.75, 3.05) is 40.4 Å². The van der Waals surface area contributed by atoms with Crippen molar-refractivity contribution in [2.45, 2.75) is 75.6 Å². The smallest absolute Gasteiger partial charge is 0.417 e. The predicted molar refractivity (Wildman–Crippen MR) is 155 cm³/mol. The highest BCUT2D eigenvalue weighted by Gasteiger charge is 2.40. The molecule has 5 rings (SSSR count). The zero-order chi connectivity index (χ0) is 30.1. The van der Waals surface area contributed by atoms with Gasteiger partial charge in [0.2, 0.25) is 5.91 Å². The van der Waals surface area contributed by atoms with Crippen LogP contribution in [0.25, 0.3) is 0 Å². The monoisotopic (exact) mass is 608 g/mol. The average molecular weight is 609 g/mol. The van der Waals surface area contributed by atoms with E-state index in [-0.39, 0.29) is 28.5 Å². The van der Waals surface area contributed by atoms with Crippen LogP contribution in [0.3, 0.4) is 0 Å². The summed E-state index contributed by atoms with van der Waals surface area (Å²) in [4.78, 5) is 18.1. The van der Waals surface area contributed by atoms with E-state index in [2.05, 4.69) is 9.80 Å². The molecule has 0 spiro atoms. The molecule has 1 amide bonds. The second-order valence-corrected chi connectivity index (χ2v) is 12.3. The van der Waals surface area contributed by atoms with Gasteiger partial charge in [0, 0.05) is 32.1 Å². The minimum atomic E-state index is -4.59. The maximum absolute atomic E-state index is 13.8. The van der Waals surface area contributed by atoms with Gasteiger partial charge >= 0.3 is 6.18 Å². The lowest BCUT2D eigenvalue weighted by Gasteiger charge is -2.42. The van der Waals surface area contributed by atoms with Gasteiger partial charge in [-0.1, -0.05) is 36.9 Å². The van der Waals surface area contributed by atoms with Gasteiger partial charge in [0.15, 0.2) is 11.5 Å². The fraction of sp³-hybridized carbons (Fsp3) is 0.594. The highest BCUT2D eigenvalue weighted by atomic mass is 35.5. The summed E-state index contributed by atoms with van der Waals surface area (Å²) in [6.45, 7) is 2.41. The summed E-state index contributed by atoms with van der Waals surface area (Å²) in [5, 5.41) is 11.0. The summed E-state index contributed by atoms with van der Waals surface area (Å²) in [6.07, 6.45) is 2.72. The molecule has 0 aromatic heterocycles. The van der Waals surface area contributed by atoms with Gasteiger partial charge in [-0.2, -0.15) is 13.2 Å². The van der Waals surface area contributed by atoms with Crippen LogP contribution in [-0.2, 0) is 23.0 Å². The first-order chi connectivity index (χ1) is 20.0. The largest absolute Gasteiger partial charge is 0.493 e. The summed E-state index contributed by atoms with van der Waals surface area (Å²) in [5.74, 6) is 1.61. The van der Waals surface area contributed by atoms with Crippen molar-refractivity contribution in [3.05, 3.63) is 57.6 Å². The van der Waals surface area contributed by atoms with Crippen molar-refractivity contribution in [3.63, 3.8) is 0 Å². The molecular weight excluding hydrogens is 569 g/mol. The highest BCUT2D eigenvalue weighted by molar-refractivity contribution is 6.31. The lowest BCUT2D eigenvalue weighted by atomic mass is 9.83. The molecule has 1 N–H and O–H groups in total. The maximum atomic E-state index is 13.8. The number of rotatable bonds is 7. The van der Waals surface area contributed by atoms with Crippen LogP contribution in [0.15, 0.2) is 30.3 Å². The number of aliphatic hydroxyl groups is 1. The number of hydrogen-bond donors (Lipinski definition) is 1. The van der Waals surface area contributed by atoms with Gasteiger partial charge in [-0.15, -0.1) is 0 Å². The van der Waals surface area contributed by atoms with Gasteiger partial charge in [-0.25, -0.2) is 0 Å². The lowest BCUT2D eigenvalue weighted by Crippen LogP contribution is -2.46. The molecule has 10 heteroatoms. The Balaban J connectivity index is 1.32. The first kappa shape index (κ1) is 31.0. The quantitative estimate of drug-likeness (QED) is 0.377. The van der Waals surface area contributed by atoms with Crippen LogP contribution in [-0.4, -0.2) is 61.2 Å². The molecule has 0 radical (unpaired) electrons. The molecule has 230 valence electrons. The van der Waals surface area contributed by atoms with E-state index >= 15 is 0 Å². The Morgan fingerprint density at radius 2 is 1.69 bits per heavy atom. The number of fused-ring (bicyclic) bond motifs is 1. The number of carbonyl (C=O) groups is 1. The van der Waals surface area contributed by atoms with E-state index in [0.717, 1.165) is 49.3 Å². The first-order valence-electron chi connectivity index (χ1n) is 14.9. The van der Waals surface area contributed by atoms with E-state index in [0.29, 0.717) is 56.9 Å².